The zero-order valence-corrected chi connectivity index (χ0v) is 7.69. The zero-order chi connectivity index (χ0) is 9.52. The van der Waals surface area contributed by atoms with Gasteiger partial charge in [-0.25, -0.2) is 0 Å². The summed E-state index contributed by atoms with van der Waals surface area (Å²) in [7, 11) is 0. The standard InChI is InChI=1S/C10H16N2O/c11-6-7-12(8-9-13)10-4-2-1-3-5-10/h1-5,13H,6-9,11H2. The monoisotopic (exact) mass is 180 g/mol. The average molecular weight is 180 g/mol. The number of aliphatic hydroxyl groups excluding tert-OH is 1. The van der Waals surface area contributed by atoms with Gasteiger partial charge in [-0.15, -0.1) is 0 Å². The van der Waals surface area contributed by atoms with E-state index in [1.54, 1.807) is 0 Å². The number of aliphatic hydroxyl groups is 1. The minimum atomic E-state index is 0.162. The van der Waals surface area contributed by atoms with Gasteiger partial charge in [0.2, 0.25) is 0 Å². The second-order valence-corrected chi connectivity index (χ2v) is 2.83. The zero-order valence-electron chi connectivity index (χ0n) is 7.69. The van der Waals surface area contributed by atoms with Gasteiger partial charge in [0.05, 0.1) is 6.61 Å². The van der Waals surface area contributed by atoms with Crippen molar-refractivity contribution < 1.29 is 5.11 Å². The molecular weight excluding hydrogens is 164 g/mol. The van der Waals surface area contributed by atoms with Gasteiger partial charge in [0.1, 0.15) is 0 Å². The van der Waals surface area contributed by atoms with E-state index in [0.29, 0.717) is 13.1 Å². The van der Waals surface area contributed by atoms with Gasteiger partial charge in [-0.3, -0.25) is 0 Å². The van der Waals surface area contributed by atoms with E-state index in [9.17, 15) is 0 Å². The van der Waals surface area contributed by atoms with Crippen molar-refractivity contribution in [2.24, 2.45) is 5.73 Å². The highest BCUT2D eigenvalue weighted by Crippen LogP contribution is 2.11. The van der Waals surface area contributed by atoms with Crippen LogP contribution in [-0.2, 0) is 0 Å². The van der Waals surface area contributed by atoms with E-state index in [-0.39, 0.29) is 6.61 Å². The van der Waals surface area contributed by atoms with E-state index in [1.807, 2.05) is 30.3 Å². The van der Waals surface area contributed by atoms with Crippen LogP contribution in [0.25, 0.3) is 0 Å². The van der Waals surface area contributed by atoms with Gasteiger partial charge in [-0.1, -0.05) is 18.2 Å². The van der Waals surface area contributed by atoms with Crippen molar-refractivity contribution in [1.29, 1.82) is 0 Å². The molecule has 1 rings (SSSR count). The first-order chi connectivity index (χ1) is 6.38. The summed E-state index contributed by atoms with van der Waals surface area (Å²) in [6, 6.07) is 9.98. The quantitative estimate of drug-likeness (QED) is 0.691. The molecule has 1 aromatic carbocycles. The van der Waals surface area contributed by atoms with Crippen LogP contribution in [0.15, 0.2) is 30.3 Å². The molecule has 3 heteroatoms. The second kappa shape index (κ2) is 5.56. The molecule has 0 radical (unpaired) electrons. The number of hydrogen-bond donors (Lipinski definition) is 2. The normalized spacial score (nSPS) is 10.0. The Kier molecular flexibility index (Phi) is 4.29. The summed E-state index contributed by atoms with van der Waals surface area (Å²) in [5.41, 5.74) is 6.59. The van der Waals surface area contributed by atoms with Crippen molar-refractivity contribution in [2.45, 2.75) is 0 Å². The molecule has 0 aliphatic carbocycles. The molecule has 0 atom stereocenters. The molecule has 0 amide bonds. The van der Waals surface area contributed by atoms with Gasteiger partial charge in [-0.05, 0) is 12.1 Å². The molecule has 0 unspecified atom stereocenters. The number of rotatable bonds is 5. The molecule has 0 saturated heterocycles. The van der Waals surface area contributed by atoms with Crippen molar-refractivity contribution in [2.75, 3.05) is 31.1 Å². The lowest BCUT2D eigenvalue weighted by Gasteiger charge is -2.22. The molecule has 0 bridgehead atoms. The molecule has 0 saturated carbocycles. The highest BCUT2D eigenvalue weighted by molar-refractivity contribution is 5.45. The van der Waals surface area contributed by atoms with E-state index in [2.05, 4.69) is 4.90 Å². The topological polar surface area (TPSA) is 49.5 Å². The van der Waals surface area contributed by atoms with Crippen LogP contribution in [0.4, 0.5) is 5.69 Å². The molecule has 72 valence electrons. The lowest BCUT2D eigenvalue weighted by molar-refractivity contribution is 0.302. The predicted molar refractivity (Wildman–Crippen MR) is 54.8 cm³/mol. The van der Waals surface area contributed by atoms with Gasteiger partial charge >= 0.3 is 0 Å². The smallest absolute Gasteiger partial charge is 0.0606 e. The molecule has 0 heterocycles. The van der Waals surface area contributed by atoms with E-state index in [1.165, 1.54) is 0 Å². The number of benzene rings is 1. The number of nitrogens with zero attached hydrogens (tertiary/aromatic N) is 1. The Hall–Kier alpha value is -1.06. The summed E-state index contributed by atoms with van der Waals surface area (Å²) >= 11 is 0. The van der Waals surface area contributed by atoms with Crippen LogP contribution in [0.2, 0.25) is 0 Å². The van der Waals surface area contributed by atoms with Crippen LogP contribution in [0.3, 0.4) is 0 Å². The van der Waals surface area contributed by atoms with E-state index in [0.717, 1.165) is 12.2 Å². The third-order valence-electron chi connectivity index (χ3n) is 1.89. The molecule has 0 aromatic heterocycles. The van der Waals surface area contributed by atoms with Gasteiger partial charge in [0.15, 0.2) is 0 Å². The van der Waals surface area contributed by atoms with Gasteiger partial charge in [0, 0.05) is 25.3 Å². The third kappa shape index (κ3) is 3.05. The Morgan fingerprint density at radius 3 is 2.38 bits per heavy atom. The molecule has 13 heavy (non-hydrogen) atoms. The first kappa shape index (κ1) is 10.0. The van der Waals surface area contributed by atoms with Crippen molar-refractivity contribution >= 4 is 5.69 Å². The van der Waals surface area contributed by atoms with Gasteiger partial charge in [0.25, 0.3) is 0 Å². The maximum atomic E-state index is 8.84. The Balaban J connectivity index is 2.64. The fourth-order valence-electron chi connectivity index (χ4n) is 1.29. The van der Waals surface area contributed by atoms with Crippen LogP contribution in [0.5, 0.6) is 0 Å². The Labute approximate surface area is 78.8 Å². The van der Waals surface area contributed by atoms with E-state index in [4.69, 9.17) is 10.8 Å². The van der Waals surface area contributed by atoms with Crippen LogP contribution < -0.4 is 10.6 Å². The Morgan fingerprint density at radius 2 is 1.85 bits per heavy atom. The first-order valence-corrected chi connectivity index (χ1v) is 4.49. The largest absolute Gasteiger partial charge is 0.395 e. The molecule has 3 N–H and O–H groups in total. The minimum Gasteiger partial charge on any atom is -0.395 e. The molecule has 0 fully saturated rings. The fourth-order valence-corrected chi connectivity index (χ4v) is 1.29. The van der Waals surface area contributed by atoms with Crippen LogP contribution in [-0.4, -0.2) is 31.3 Å². The van der Waals surface area contributed by atoms with Crippen molar-refractivity contribution in [1.82, 2.24) is 0 Å². The summed E-state index contributed by atoms with van der Waals surface area (Å²) in [6.45, 7) is 2.19. The van der Waals surface area contributed by atoms with Crippen molar-refractivity contribution in [3.05, 3.63) is 30.3 Å². The van der Waals surface area contributed by atoms with Crippen molar-refractivity contribution in [3.8, 4) is 0 Å². The molecule has 0 aliphatic heterocycles. The maximum absolute atomic E-state index is 8.84. The second-order valence-electron chi connectivity index (χ2n) is 2.83. The SMILES string of the molecule is NCCN(CCO)c1ccccc1. The molecule has 1 aromatic rings. The summed E-state index contributed by atoms with van der Waals surface area (Å²) in [6.07, 6.45) is 0. The van der Waals surface area contributed by atoms with Crippen LogP contribution in [0.1, 0.15) is 0 Å². The summed E-state index contributed by atoms with van der Waals surface area (Å²) in [5.74, 6) is 0. The Bertz CT molecular complexity index is 220. The summed E-state index contributed by atoms with van der Waals surface area (Å²) < 4.78 is 0. The molecular formula is C10H16N2O. The van der Waals surface area contributed by atoms with Crippen molar-refractivity contribution in [3.63, 3.8) is 0 Å². The van der Waals surface area contributed by atoms with E-state index < -0.39 is 0 Å². The third-order valence-corrected chi connectivity index (χ3v) is 1.89. The van der Waals surface area contributed by atoms with Crippen LogP contribution >= 0.6 is 0 Å². The predicted octanol–water partition coefficient (Wildman–Crippen LogP) is 0.444. The van der Waals surface area contributed by atoms with E-state index >= 15 is 0 Å². The molecule has 3 nitrogen and oxygen atoms in total. The number of para-hydroxylation sites is 1. The molecule has 0 spiro atoms. The first-order valence-electron chi connectivity index (χ1n) is 4.49. The van der Waals surface area contributed by atoms with Crippen LogP contribution in [0, 0.1) is 0 Å². The van der Waals surface area contributed by atoms with Gasteiger partial charge < -0.3 is 15.7 Å². The average Bonchev–Trinajstić information content (AvgIpc) is 2.19. The Morgan fingerprint density at radius 1 is 1.15 bits per heavy atom. The lowest BCUT2D eigenvalue weighted by Crippen LogP contribution is -2.31. The number of hydrogen-bond acceptors (Lipinski definition) is 3. The fraction of sp³-hybridized carbons (Fsp3) is 0.400. The molecule has 0 aliphatic rings. The lowest BCUT2D eigenvalue weighted by atomic mass is 10.3. The summed E-state index contributed by atoms with van der Waals surface area (Å²) in [4.78, 5) is 2.07. The number of anilines is 1. The minimum absolute atomic E-state index is 0.162. The highest BCUT2D eigenvalue weighted by Gasteiger charge is 2.02. The summed E-state index contributed by atoms with van der Waals surface area (Å²) in [5, 5.41) is 8.84. The highest BCUT2D eigenvalue weighted by atomic mass is 16.3. The maximum Gasteiger partial charge on any atom is 0.0606 e. The number of nitrogens with two attached hydrogens (primary N) is 1. The van der Waals surface area contributed by atoms with Gasteiger partial charge in [-0.2, -0.15) is 0 Å².